The van der Waals surface area contributed by atoms with Crippen molar-refractivity contribution in [2.75, 3.05) is 5.32 Å². The van der Waals surface area contributed by atoms with Crippen LogP contribution in [0.4, 0.5) is 11.4 Å². The number of carboxylic acids is 1. The van der Waals surface area contributed by atoms with Crippen molar-refractivity contribution in [3.05, 3.63) is 88.0 Å². The van der Waals surface area contributed by atoms with E-state index in [9.17, 15) is 24.8 Å². The van der Waals surface area contributed by atoms with Gasteiger partial charge in [-0.3, -0.25) is 14.9 Å². The van der Waals surface area contributed by atoms with Crippen LogP contribution in [0.5, 0.6) is 0 Å². The van der Waals surface area contributed by atoms with Gasteiger partial charge in [0, 0.05) is 18.2 Å². The first-order valence-electron chi connectivity index (χ1n) is 8.35. The van der Waals surface area contributed by atoms with E-state index < -0.39 is 16.8 Å². The minimum atomic E-state index is -1.29. The van der Waals surface area contributed by atoms with E-state index in [4.69, 9.17) is 0 Å². The maximum Gasteiger partial charge on any atom is 0.337 e. The van der Waals surface area contributed by atoms with Gasteiger partial charge in [-0.05, 0) is 41.0 Å². The lowest BCUT2D eigenvalue weighted by molar-refractivity contribution is -0.384. The van der Waals surface area contributed by atoms with Crippen LogP contribution in [0.3, 0.4) is 0 Å². The molecule has 0 aromatic heterocycles. The molecule has 7 heteroatoms. The van der Waals surface area contributed by atoms with E-state index in [0.717, 1.165) is 34.5 Å². The molecule has 0 bridgehead atoms. The number of carbonyl (C=O) groups excluding carboxylic acids is 1. The summed E-state index contributed by atoms with van der Waals surface area (Å²) < 4.78 is 0. The van der Waals surface area contributed by atoms with Crippen LogP contribution in [0, 0.1) is 10.1 Å². The van der Waals surface area contributed by atoms with Gasteiger partial charge in [0.25, 0.3) is 5.69 Å². The van der Waals surface area contributed by atoms with Gasteiger partial charge in [-0.2, -0.15) is 0 Å². The monoisotopic (exact) mass is 376 g/mol. The maximum atomic E-state index is 12.4. The van der Waals surface area contributed by atoms with Crippen molar-refractivity contribution < 1.29 is 19.6 Å². The van der Waals surface area contributed by atoms with E-state index >= 15 is 0 Å². The highest BCUT2D eigenvalue weighted by Crippen LogP contribution is 2.24. The SMILES string of the molecule is C/C(=C/C(=O)Nc1cc([N+](=O)[O-])ccc1C(=O)O)c1ccc2ccccc2c1. The number of carboxylic acid groups (broad SMARTS) is 1. The van der Waals surface area contributed by atoms with Gasteiger partial charge in [0.1, 0.15) is 0 Å². The summed E-state index contributed by atoms with van der Waals surface area (Å²) in [5.74, 6) is -1.87. The Labute approximate surface area is 160 Å². The quantitative estimate of drug-likeness (QED) is 0.387. The van der Waals surface area contributed by atoms with Gasteiger partial charge in [-0.25, -0.2) is 4.79 Å². The molecule has 0 atom stereocenters. The number of non-ortho nitro benzene ring substituents is 1. The summed E-state index contributed by atoms with van der Waals surface area (Å²) >= 11 is 0. The number of anilines is 1. The molecular weight excluding hydrogens is 360 g/mol. The third kappa shape index (κ3) is 4.04. The van der Waals surface area contributed by atoms with Crippen LogP contribution < -0.4 is 5.32 Å². The second-order valence-electron chi connectivity index (χ2n) is 6.17. The number of nitro benzene ring substituents is 1. The molecule has 140 valence electrons. The lowest BCUT2D eigenvalue weighted by Gasteiger charge is -2.08. The molecule has 2 N–H and O–H groups in total. The number of rotatable bonds is 5. The minimum absolute atomic E-state index is 0.130. The number of nitrogens with one attached hydrogen (secondary N) is 1. The van der Waals surface area contributed by atoms with Crippen molar-refractivity contribution in [3.63, 3.8) is 0 Å². The van der Waals surface area contributed by atoms with E-state index in [1.54, 1.807) is 6.92 Å². The van der Waals surface area contributed by atoms with E-state index in [-0.39, 0.29) is 16.9 Å². The topological polar surface area (TPSA) is 110 Å². The zero-order valence-corrected chi connectivity index (χ0v) is 14.9. The number of benzene rings is 3. The van der Waals surface area contributed by atoms with Gasteiger partial charge in [0.05, 0.1) is 16.2 Å². The minimum Gasteiger partial charge on any atom is -0.478 e. The Morgan fingerprint density at radius 1 is 1.04 bits per heavy atom. The molecule has 1 amide bonds. The summed E-state index contributed by atoms with van der Waals surface area (Å²) in [6.07, 6.45) is 1.33. The van der Waals surface area contributed by atoms with E-state index in [1.807, 2.05) is 42.5 Å². The average Bonchev–Trinajstić information content (AvgIpc) is 2.67. The van der Waals surface area contributed by atoms with Gasteiger partial charge in [-0.15, -0.1) is 0 Å². The Balaban J connectivity index is 1.88. The molecule has 0 radical (unpaired) electrons. The fourth-order valence-electron chi connectivity index (χ4n) is 2.82. The van der Waals surface area contributed by atoms with Crippen molar-refractivity contribution in [2.45, 2.75) is 6.92 Å². The van der Waals surface area contributed by atoms with Crippen molar-refractivity contribution in [3.8, 4) is 0 Å². The Kier molecular flexibility index (Phi) is 5.17. The van der Waals surface area contributed by atoms with Crippen molar-refractivity contribution in [1.29, 1.82) is 0 Å². The van der Waals surface area contributed by atoms with Crippen molar-refractivity contribution in [1.82, 2.24) is 0 Å². The molecule has 0 aliphatic heterocycles. The normalized spacial score (nSPS) is 11.2. The Bertz CT molecular complexity index is 1130. The van der Waals surface area contributed by atoms with Crippen molar-refractivity contribution in [2.24, 2.45) is 0 Å². The first-order chi connectivity index (χ1) is 13.3. The Hall–Kier alpha value is -4.00. The maximum absolute atomic E-state index is 12.4. The van der Waals surface area contributed by atoms with Crippen LogP contribution >= 0.6 is 0 Å². The first-order valence-corrected chi connectivity index (χ1v) is 8.35. The molecular formula is C21H16N2O5. The molecule has 0 unspecified atom stereocenters. The van der Waals surface area contributed by atoms with Gasteiger partial charge in [0.15, 0.2) is 0 Å². The summed E-state index contributed by atoms with van der Waals surface area (Å²) in [7, 11) is 0. The second kappa shape index (κ2) is 7.71. The van der Waals surface area contributed by atoms with Crippen LogP contribution in [-0.2, 0) is 4.79 Å². The van der Waals surface area contributed by atoms with Gasteiger partial charge in [0.2, 0.25) is 5.91 Å². The molecule has 0 aliphatic rings. The number of hydrogen-bond donors (Lipinski definition) is 2. The molecule has 0 spiro atoms. The smallest absolute Gasteiger partial charge is 0.337 e. The number of hydrogen-bond acceptors (Lipinski definition) is 4. The standard InChI is InChI=1S/C21H16N2O5/c1-13(15-7-6-14-4-2-3-5-16(14)11-15)10-20(24)22-19-12-17(23(27)28)8-9-18(19)21(25)26/h2-12H,1H3,(H,22,24)(H,25,26)/b13-10-. The molecule has 3 rings (SSSR count). The van der Waals surface area contributed by atoms with E-state index in [2.05, 4.69) is 5.32 Å². The first kappa shape index (κ1) is 18.8. The molecule has 0 heterocycles. The Morgan fingerprint density at radius 2 is 1.75 bits per heavy atom. The summed E-state index contributed by atoms with van der Waals surface area (Å²) in [6, 6.07) is 16.8. The molecule has 3 aromatic carbocycles. The van der Waals surface area contributed by atoms with Crippen molar-refractivity contribution >= 4 is 39.6 Å². The Morgan fingerprint density at radius 3 is 2.43 bits per heavy atom. The van der Waals surface area contributed by atoms with Gasteiger partial charge >= 0.3 is 5.97 Å². The van der Waals surface area contributed by atoms with Gasteiger partial charge in [-0.1, -0.05) is 36.4 Å². The number of carbonyl (C=O) groups is 2. The molecule has 3 aromatic rings. The highest BCUT2D eigenvalue weighted by molar-refractivity contribution is 6.07. The molecule has 28 heavy (non-hydrogen) atoms. The lowest BCUT2D eigenvalue weighted by Crippen LogP contribution is -2.13. The molecule has 7 nitrogen and oxygen atoms in total. The largest absolute Gasteiger partial charge is 0.478 e. The van der Waals surface area contributed by atoms with E-state index in [0.29, 0.717) is 5.57 Å². The number of nitro groups is 1. The highest BCUT2D eigenvalue weighted by atomic mass is 16.6. The highest BCUT2D eigenvalue weighted by Gasteiger charge is 2.16. The molecule has 0 fully saturated rings. The number of amides is 1. The predicted molar refractivity (Wildman–Crippen MR) is 106 cm³/mol. The van der Waals surface area contributed by atoms with Gasteiger partial charge < -0.3 is 10.4 Å². The molecule has 0 aliphatic carbocycles. The zero-order valence-electron chi connectivity index (χ0n) is 14.9. The summed E-state index contributed by atoms with van der Waals surface area (Å²) in [4.78, 5) is 33.9. The third-order valence-electron chi connectivity index (χ3n) is 4.25. The fourth-order valence-corrected chi connectivity index (χ4v) is 2.82. The van der Waals surface area contributed by atoms with Crippen LogP contribution in [-0.4, -0.2) is 21.9 Å². The predicted octanol–water partition coefficient (Wildman–Crippen LogP) is 4.49. The summed E-state index contributed by atoms with van der Waals surface area (Å²) in [5, 5.41) is 24.7. The number of nitrogens with zero attached hydrogens (tertiary/aromatic N) is 1. The van der Waals surface area contributed by atoms with Crippen LogP contribution in [0.15, 0.2) is 66.7 Å². The van der Waals surface area contributed by atoms with Crippen LogP contribution in [0.2, 0.25) is 0 Å². The van der Waals surface area contributed by atoms with Crippen LogP contribution in [0.25, 0.3) is 16.3 Å². The molecule has 0 saturated carbocycles. The average molecular weight is 376 g/mol. The number of allylic oxidation sites excluding steroid dienone is 1. The van der Waals surface area contributed by atoms with E-state index in [1.165, 1.54) is 6.08 Å². The zero-order chi connectivity index (χ0) is 20.3. The number of aromatic carboxylic acids is 1. The molecule has 0 saturated heterocycles. The fraction of sp³-hybridized carbons (Fsp3) is 0.0476. The lowest BCUT2D eigenvalue weighted by atomic mass is 10.0. The number of fused-ring (bicyclic) bond motifs is 1. The second-order valence-corrected chi connectivity index (χ2v) is 6.17. The summed E-state index contributed by atoms with van der Waals surface area (Å²) in [6.45, 7) is 1.76. The van der Waals surface area contributed by atoms with Crippen LogP contribution in [0.1, 0.15) is 22.8 Å². The summed E-state index contributed by atoms with van der Waals surface area (Å²) in [5.41, 5.74) is 0.845. The third-order valence-corrected chi connectivity index (χ3v) is 4.25.